The van der Waals surface area contributed by atoms with Gasteiger partial charge in [0.25, 0.3) is 5.91 Å². The van der Waals surface area contributed by atoms with Gasteiger partial charge >= 0.3 is 5.97 Å². The van der Waals surface area contributed by atoms with Gasteiger partial charge in [0.1, 0.15) is 5.75 Å². The molecular weight excluding hydrogens is 372 g/mol. The highest BCUT2D eigenvalue weighted by molar-refractivity contribution is 6.00. The SMILES string of the molecule is CCc1ccc(N2C[C@H](C(=O)OCC(=O)Nc3ccc(OC)cc3)CC2=O)cc1. The van der Waals surface area contributed by atoms with E-state index in [4.69, 9.17) is 9.47 Å². The number of hydrogen-bond donors (Lipinski definition) is 1. The first kappa shape index (κ1) is 20.4. The number of amides is 2. The normalized spacial score (nSPS) is 15.9. The van der Waals surface area contributed by atoms with Crippen LogP contribution < -0.4 is 15.0 Å². The Morgan fingerprint density at radius 1 is 1.10 bits per heavy atom. The Morgan fingerprint density at radius 2 is 1.79 bits per heavy atom. The standard InChI is InChI=1S/C22H24N2O5/c1-3-15-4-8-18(9-5-15)24-13-16(12-21(24)26)22(27)29-14-20(25)23-17-6-10-19(28-2)11-7-17/h4-11,16H,3,12-14H2,1-2H3,(H,23,25)/t16-/m1/s1. The van der Waals surface area contributed by atoms with Gasteiger partial charge in [-0.15, -0.1) is 0 Å². The highest BCUT2D eigenvalue weighted by Crippen LogP contribution is 2.26. The van der Waals surface area contributed by atoms with E-state index in [1.807, 2.05) is 24.3 Å². The first-order valence-electron chi connectivity index (χ1n) is 9.50. The molecular formula is C22H24N2O5. The van der Waals surface area contributed by atoms with Gasteiger partial charge in [-0.3, -0.25) is 14.4 Å². The topological polar surface area (TPSA) is 84.9 Å². The minimum absolute atomic E-state index is 0.0778. The number of carbonyl (C=O) groups excluding carboxylic acids is 3. The van der Waals surface area contributed by atoms with E-state index in [-0.39, 0.29) is 18.9 Å². The van der Waals surface area contributed by atoms with Crippen molar-refractivity contribution in [1.82, 2.24) is 0 Å². The van der Waals surface area contributed by atoms with Crippen LogP contribution in [0.3, 0.4) is 0 Å². The molecule has 1 atom stereocenters. The molecule has 1 heterocycles. The summed E-state index contributed by atoms with van der Waals surface area (Å²) in [7, 11) is 1.56. The number of anilines is 2. The number of hydrogen-bond acceptors (Lipinski definition) is 5. The van der Waals surface area contributed by atoms with Gasteiger partial charge in [-0.1, -0.05) is 19.1 Å². The lowest BCUT2D eigenvalue weighted by molar-refractivity contribution is -0.151. The van der Waals surface area contributed by atoms with Crippen molar-refractivity contribution in [3.8, 4) is 5.75 Å². The van der Waals surface area contributed by atoms with Crippen LogP contribution in [-0.4, -0.2) is 38.0 Å². The zero-order chi connectivity index (χ0) is 20.8. The third kappa shape index (κ3) is 5.13. The maximum absolute atomic E-state index is 12.3. The van der Waals surface area contributed by atoms with Crippen molar-refractivity contribution in [2.75, 3.05) is 30.5 Å². The number of rotatable bonds is 7. The molecule has 0 bridgehead atoms. The predicted molar refractivity (Wildman–Crippen MR) is 109 cm³/mol. The molecule has 0 saturated carbocycles. The summed E-state index contributed by atoms with van der Waals surface area (Å²) in [5.74, 6) is -1.02. The Labute approximate surface area is 169 Å². The highest BCUT2D eigenvalue weighted by atomic mass is 16.5. The number of methoxy groups -OCH3 is 1. The van der Waals surface area contributed by atoms with Gasteiger partial charge in [0, 0.05) is 24.3 Å². The molecule has 7 heteroatoms. The highest BCUT2D eigenvalue weighted by Gasteiger charge is 2.36. The molecule has 7 nitrogen and oxygen atoms in total. The summed E-state index contributed by atoms with van der Waals surface area (Å²) in [5.41, 5.74) is 2.52. The van der Waals surface area contributed by atoms with Gasteiger partial charge in [0.15, 0.2) is 6.61 Å². The lowest BCUT2D eigenvalue weighted by atomic mass is 10.1. The lowest BCUT2D eigenvalue weighted by Crippen LogP contribution is -2.28. The van der Waals surface area contributed by atoms with E-state index in [0.717, 1.165) is 12.1 Å². The summed E-state index contributed by atoms with van der Waals surface area (Å²) in [4.78, 5) is 38.2. The van der Waals surface area contributed by atoms with Crippen molar-refractivity contribution in [3.05, 3.63) is 54.1 Å². The molecule has 3 rings (SSSR count). The quantitative estimate of drug-likeness (QED) is 0.728. The second kappa shape index (κ2) is 9.23. The monoisotopic (exact) mass is 396 g/mol. The van der Waals surface area contributed by atoms with Crippen molar-refractivity contribution < 1.29 is 23.9 Å². The van der Waals surface area contributed by atoms with Crippen LogP contribution >= 0.6 is 0 Å². The van der Waals surface area contributed by atoms with Crippen LogP contribution in [-0.2, 0) is 25.5 Å². The molecule has 1 fully saturated rings. The van der Waals surface area contributed by atoms with Crippen molar-refractivity contribution in [2.24, 2.45) is 5.92 Å². The summed E-state index contributed by atoms with van der Waals surface area (Å²) in [6.07, 6.45) is 0.996. The zero-order valence-corrected chi connectivity index (χ0v) is 16.5. The first-order chi connectivity index (χ1) is 14.0. The summed E-state index contributed by atoms with van der Waals surface area (Å²) in [5, 5.41) is 2.64. The third-order valence-corrected chi connectivity index (χ3v) is 4.83. The molecule has 0 aliphatic carbocycles. The maximum Gasteiger partial charge on any atom is 0.311 e. The average molecular weight is 396 g/mol. The number of carbonyl (C=O) groups is 3. The van der Waals surface area contributed by atoms with Crippen LogP contribution in [0.1, 0.15) is 18.9 Å². The van der Waals surface area contributed by atoms with Gasteiger partial charge in [-0.25, -0.2) is 0 Å². The number of nitrogens with zero attached hydrogens (tertiary/aromatic N) is 1. The maximum atomic E-state index is 12.3. The van der Waals surface area contributed by atoms with E-state index >= 15 is 0 Å². The van der Waals surface area contributed by atoms with Gasteiger partial charge in [-0.2, -0.15) is 0 Å². The summed E-state index contributed by atoms with van der Waals surface area (Å²) >= 11 is 0. The number of ether oxygens (including phenoxy) is 2. The molecule has 0 spiro atoms. The molecule has 0 radical (unpaired) electrons. The van der Waals surface area contributed by atoms with Crippen molar-refractivity contribution in [1.29, 1.82) is 0 Å². The Kier molecular flexibility index (Phi) is 6.49. The second-order valence-electron chi connectivity index (χ2n) is 6.81. The molecule has 2 aromatic carbocycles. The van der Waals surface area contributed by atoms with Gasteiger partial charge in [0.2, 0.25) is 5.91 Å². The number of esters is 1. The molecule has 1 aliphatic rings. The summed E-state index contributed by atoms with van der Waals surface area (Å²) < 4.78 is 10.2. The van der Waals surface area contributed by atoms with Crippen LogP contribution in [0.15, 0.2) is 48.5 Å². The number of benzene rings is 2. The molecule has 1 aliphatic heterocycles. The molecule has 0 aromatic heterocycles. The van der Waals surface area contributed by atoms with Crippen LogP contribution in [0.25, 0.3) is 0 Å². The van der Waals surface area contributed by atoms with Crippen molar-refractivity contribution in [2.45, 2.75) is 19.8 Å². The lowest BCUT2D eigenvalue weighted by Gasteiger charge is -2.17. The molecule has 29 heavy (non-hydrogen) atoms. The van der Waals surface area contributed by atoms with E-state index < -0.39 is 24.4 Å². The Balaban J connectivity index is 1.50. The van der Waals surface area contributed by atoms with E-state index in [1.165, 1.54) is 5.56 Å². The molecule has 1 N–H and O–H groups in total. The molecule has 0 unspecified atom stereocenters. The van der Waals surface area contributed by atoms with E-state index in [2.05, 4.69) is 12.2 Å². The fraction of sp³-hybridized carbons (Fsp3) is 0.318. The number of nitrogens with one attached hydrogen (secondary N) is 1. The molecule has 1 saturated heterocycles. The van der Waals surface area contributed by atoms with E-state index in [1.54, 1.807) is 36.3 Å². The van der Waals surface area contributed by atoms with E-state index in [9.17, 15) is 14.4 Å². The molecule has 2 aromatic rings. The fourth-order valence-electron chi connectivity index (χ4n) is 3.15. The van der Waals surface area contributed by atoms with Crippen LogP contribution in [0.4, 0.5) is 11.4 Å². The smallest absolute Gasteiger partial charge is 0.311 e. The average Bonchev–Trinajstić information content (AvgIpc) is 3.14. The van der Waals surface area contributed by atoms with Crippen molar-refractivity contribution >= 4 is 29.2 Å². The summed E-state index contributed by atoms with van der Waals surface area (Å²) in [6, 6.07) is 14.5. The largest absolute Gasteiger partial charge is 0.497 e. The molecule has 152 valence electrons. The van der Waals surface area contributed by atoms with Crippen molar-refractivity contribution in [3.63, 3.8) is 0 Å². The Morgan fingerprint density at radius 3 is 2.41 bits per heavy atom. The number of aryl methyl sites for hydroxylation is 1. The zero-order valence-electron chi connectivity index (χ0n) is 16.5. The Hall–Kier alpha value is -3.35. The van der Waals surface area contributed by atoms with Gasteiger partial charge in [-0.05, 0) is 48.4 Å². The third-order valence-electron chi connectivity index (χ3n) is 4.83. The van der Waals surface area contributed by atoms with Crippen LogP contribution in [0.2, 0.25) is 0 Å². The van der Waals surface area contributed by atoms with Gasteiger partial charge < -0.3 is 19.7 Å². The molecule has 2 amide bonds. The predicted octanol–water partition coefficient (Wildman–Crippen LogP) is 2.79. The van der Waals surface area contributed by atoms with Gasteiger partial charge in [0.05, 0.1) is 13.0 Å². The van der Waals surface area contributed by atoms with Crippen LogP contribution in [0, 0.1) is 5.92 Å². The minimum atomic E-state index is -0.581. The summed E-state index contributed by atoms with van der Waals surface area (Å²) in [6.45, 7) is 1.91. The Bertz CT molecular complexity index is 877. The minimum Gasteiger partial charge on any atom is -0.497 e. The van der Waals surface area contributed by atoms with Crippen LogP contribution in [0.5, 0.6) is 5.75 Å². The van der Waals surface area contributed by atoms with E-state index in [0.29, 0.717) is 11.4 Å². The fourth-order valence-corrected chi connectivity index (χ4v) is 3.15. The first-order valence-corrected chi connectivity index (χ1v) is 9.50. The second-order valence-corrected chi connectivity index (χ2v) is 6.81.